The van der Waals surface area contributed by atoms with Crippen LogP contribution in [0.25, 0.3) is 34.2 Å². The van der Waals surface area contributed by atoms with Crippen LogP contribution in [0.1, 0.15) is 48.6 Å². The fourth-order valence-electron chi connectivity index (χ4n) is 3.99. The van der Waals surface area contributed by atoms with E-state index in [1.54, 1.807) is 0 Å². The van der Waals surface area contributed by atoms with Crippen molar-refractivity contribution in [2.24, 2.45) is 0 Å². The van der Waals surface area contributed by atoms with Crippen LogP contribution in [0.15, 0.2) is 60.7 Å². The summed E-state index contributed by atoms with van der Waals surface area (Å²) >= 11 is 0. The Morgan fingerprint density at radius 1 is 0.531 bits per heavy atom. The van der Waals surface area contributed by atoms with Gasteiger partial charge in [0.05, 0.1) is 0 Å². The Labute approximate surface area is 191 Å². The van der Waals surface area contributed by atoms with Crippen LogP contribution in [-0.2, 0) is 5.41 Å². The third-order valence-corrected chi connectivity index (χ3v) is 5.89. The van der Waals surface area contributed by atoms with Gasteiger partial charge in [0, 0.05) is 16.7 Å². The average Bonchev–Trinajstić information content (AvgIpc) is 2.73. The molecule has 0 saturated carbocycles. The van der Waals surface area contributed by atoms with Crippen LogP contribution in [0.2, 0.25) is 0 Å². The highest BCUT2D eigenvalue weighted by molar-refractivity contribution is 5.69. The van der Waals surface area contributed by atoms with Gasteiger partial charge in [-0.1, -0.05) is 92.6 Å². The molecule has 0 saturated heterocycles. The summed E-state index contributed by atoms with van der Waals surface area (Å²) in [4.78, 5) is 14.7. The van der Waals surface area contributed by atoms with Crippen molar-refractivity contribution in [1.82, 2.24) is 15.0 Å². The van der Waals surface area contributed by atoms with Crippen molar-refractivity contribution in [1.29, 1.82) is 0 Å². The first-order chi connectivity index (χ1) is 15.1. The van der Waals surface area contributed by atoms with Crippen molar-refractivity contribution in [3.8, 4) is 34.2 Å². The van der Waals surface area contributed by atoms with Crippen LogP contribution in [0.5, 0.6) is 0 Å². The number of hydrogen-bond donors (Lipinski definition) is 0. The van der Waals surface area contributed by atoms with Gasteiger partial charge in [0.15, 0.2) is 17.5 Å². The molecule has 3 heteroatoms. The van der Waals surface area contributed by atoms with E-state index < -0.39 is 0 Å². The zero-order valence-corrected chi connectivity index (χ0v) is 20.1. The van der Waals surface area contributed by atoms with E-state index in [0.717, 1.165) is 27.8 Å². The first-order valence-corrected chi connectivity index (χ1v) is 11.1. The molecule has 1 heterocycles. The van der Waals surface area contributed by atoms with E-state index in [4.69, 9.17) is 15.0 Å². The van der Waals surface area contributed by atoms with Crippen molar-refractivity contribution in [2.45, 2.75) is 53.9 Å². The summed E-state index contributed by atoms with van der Waals surface area (Å²) in [6.45, 7) is 15.1. The molecule has 0 aliphatic carbocycles. The molecular formula is C29H31N3. The molecule has 0 amide bonds. The smallest absolute Gasteiger partial charge is 0.164 e. The second-order valence-corrected chi connectivity index (χ2v) is 9.77. The molecule has 3 nitrogen and oxygen atoms in total. The molecule has 4 aromatic rings. The third kappa shape index (κ3) is 4.47. The summed E-state index contributed by atoms with van der Waals surface area (Å²) in [6.07, 6.45) is 0. The first-order valence-electron chi connectivity index (χ1n) is 11.1. The molecule has 3 aromatic carbocycles. The van der Waals surface area contributed by atoms with E-state index in [1.165, 1.54) is 16.7 Å². The Morgan fingerprint density at radius 2 is 0.969 bits per heavy atom. The summed E-state index contributed by atoms with van der Waals surface area (Å²) < 4.78 is 0. The maximum Gasteiger partial charge on any atom is 0.164 e. The molecule has 1 aromatic heterocycles. The number of aryl methyl sites for hydroxylation is 4. The van der Waals surface area contributed by atoms with Crippen LogP contribution in [0.4, 0.5) is 0 Å². The minimum Gasteiger partial charge on any atom is -0.208 e. The van der Waals surface area contributed by atoms with Gasteiger partial charge < -0.3 is 0 Å². The monoisotopic (exact) mass is 421 g/mol. The fourth-order valence-corrected chi connectivity index (χ4v) is 3.99. The number of benzene rings is 3. The predicted octanol–water partition coefficient (Wildman–Crippen LogP) is 7.40. The van der Waals surface area contributed by atoms with Gasteiger partial charge >= 0.3 is 0 Å². The lowest BCUT2D eigenvalue weighted by Gasteiger charge is -2.19. The highest BCUT2D eigenvalue weighted by Crippen LogP contribution is 2.30. The first kappa shape index (κ1) is 21.9. The molecule has 0 atom stereocenters. The van der Waals surface area contributed by atoms with Gasteiger partial charge in [-0.3, -0.25) is 0 Å². The Kier molecular flexibility index (Phi) is 5.68. The third-order valence-electron chi connectivity index (χ3n) is 5.89. The Hall–Kier alpha value is -3.33. The lowest BCUT2D eigenvalue weighted by Crippen LogP contribution is -2.10. The lowest BCUT2D eigenvalue weighted by atomic mass is 9.86. The van der Waals surface area contributed by atoms with E-state index in [-0.39, 0.29) is 5.41 Å². The van der Waals surface area contributed by atoms with Gasteiger partial charge in [-0.15, -0.1) is 0 Å². The number of hydrogen-bond acceptors (Lipinski definition) is 3. The highest BCUT2D eigenvalue weighted by atomic mass is 15.0. The molecule has 0 aliphatic heterocycles. The number of aromatic nitrogens is 3. The SMILES string of the molecule is Cc1ccc(-c2nc(-c3ccc(C(C)(C)C)cc3)nc(-c3ccc(C)cc3C)n2)c(C)c1. The minimum atomic E-state index is 0.103. The Morgan fingerprint density at radius 3 is 1.38 bits per heavy atom. The number of rotatable bonds is 3. The molecule has 0 N–H and O–H groups in total. The highest BCUT2D eigenvalue weighted by Gasteiger charge is 2.17. The Balaban J connectivity index is 1.91. The van der Waals surface area contributed by atoms with Gasteiger partial charge in [-0.2, -0.15) is 0 Å². The summed E-state index contributed by atoms with van der Waals surface area (Å²) in [7, 11) is 0. The van der Waals surface area contributed by atoms with Crippen molar-refractivity contribution < 1.29 is 0 Å². The molecule has 0 aliphatic rings. The van der Waals surface area contributed by atoms with Gasteiger partial charge in [0.2, 0.25) is 0 Å². The molecule has 0 spiro atoms. The van der Waals surface area contributed by atoms with Crippen LogP contribution in [-0.4, -0.2) is 15.0 Å². The maximum absolute atomic E-state index is 4.91. The molecular weight excluding hydrogens is 390 g/mol. The molecule has 0 fully saturated rings. The van der Waals surface area contributed by atoms with E-state index in [1.807, 2.05) is 0 Å². The van der Waals surface area contributed by atoms with Crippen LogP contribution >= 0.6 is 0 Å². The predicted molar refractivity (Wildman–Crippen MR) is 134 cm³/mol. The average molecular weight is 422 g/mol. The lowest BCUT2D eigenvalue weighted by molar-refractivity contribution is 0.590. The zero-order valence-electron chi connectivity index (χ0n) is 20.1. The van der Waals surface area contributed by atoms with E-state index in [0.29, 0.717) is 17.5 Å². The van der Waals surface area contributed by atoms with Crippen molar-refractivity contribution in [2.75, 3.05) is 0 Å². The second-order valence-electron chi connectivity index (χ2n) is 9.77. The fraction of sp³-hybridized carbons (Fsp3) is 0.276. The summed E-state index contributed by atoms with van der Waals surface area (Å²) in [6, 6.07) is 21.4. The quantitative estimate of drug-likeness (QED) is 0.346. The zero-order chi connectivity index (χ0) is 23.0. The van der Waals surface area contributed by atoms with E-state index in [2.05, 4.69) is 109 Å². The van der Waals surface area contributed by atoms with Gasteiger partial charge in [0.25, 0.3) is 0 Å². The molecule has 0 bridgehead atoms. The van der Waals surface area contributed by atoms with Gasteiger partial charge in [-0.05, 0) is 49.8 Å². The summed E-state index contributed by atoms with van der Waals surface area (Å²) in [5.74, 6) is 2.12. The molecule has 162 valence electrons. The normalized spacial score (nSPS) is 11.6. The molecule has 0 unspecified atom stereocenters. The topological polar surface area (TPSA) is 38.7 Å². The standard InChI is InChI=1S/C29H31N3/c1-18-8-14-24(20(3)16-18)27-30-26(22-10-12-23(13-11-22)29(5,6)7)31-28(32-27)25-15-9-19(2)17-21(25)4/h8-17H,1-7H3. The van der Waals surface area contributed by atoms with Crippen LogP contribution in [0, 0.1) is 27.7 Å². The molecule has 32 heavy (non-hydrogen) atoms. The van der Waals surface area contributed by atoms with Crippen molar-refractivity contribution >= 4 is 0 Å². The molecule has 4 rings (SSSR count). The largest absolute Gasteiger partial charge is 0.208 e. The van der Waals surface area contributed by atoms with Gasteiger partial charge in [-0.25, -0.2) is 15.0 Å². The van der Waals surface area contributed by atoms with Crippen molar-refractivity contribution in [3.05, 3.63) is 88.5 Å². The van der Waals surface area contributed by atoms with Crippen LogP contribution < -0.4 is 0 Å². The van der Waals surface area contributed by atoms with E-state index >= 15 is 0 Å². The summed E-state index contributed by atoms with van der Waals surface area (Å²) in [5, 5.41) is 0. The number of nitrogens with zero attached hydrogens (tertiary/aromatic N) is 3. The van der Waals surface area contributed by atoms with Crippen LogP contribution in [0.3, 0.4) is 0 Å². The minimum absolute atomic E-state index is 0.103. The van der Waals surface area contributed by atoms with Gasteiger partial charge in [0.1, 0.15) is 0 Å². The summed E-state index contributed by atoms with van der Waals surface area (Å²) in [5.41, 5.74) is 9.26. The van der Waals surface area contributed by atoms with Crippen molar-refractivity contribution in [3.63, 3.8) is 0 Å². The maximum atomic E-state index is 4.91. The van der Waals surface area contributed by atoms with E-state index in [9.17, 15) is 0 Å². The Bertz CT molecular complexity index is 1210. The second kappa shape index (κ2) is 8.31. The molecule has 0 radical (unpaired) electrons.